The van der Waals surface area contributed by atoms with Crippen LogP contribution in [0.3, 0.4) is 0 Å². The zero-order valence-electron chi connectivity index (χ0n) is 10.8. The highest BCUT2D eigenvalue weighted by atomic mass is 79.9. The first-order valence-electron chi connectivity index (χ1n) is 5.92. The highest BCUT2D eigenvalue weighted by Gasteiger charge is 2.14. The zero-order valence-corrected chi connectivity index (χ0v) is 13.1. The molecule has 104 valence electrons. The van der Waals surface area contributed by atoms with E-state index in [1.54, 1.807) is 16.6 Å². The summed E-state index contributed by atoms with van der Waals surface area (Å²) in [6, 6.07) is 7.49. The van der Waals surface area contributed by atoms with Crippen LogP contribution in [-0.2, 0) is 0 Å². The molecule has 1 aromatic carbocycles. The fourth-order valence-corrected chi connectivity index (χ4v) is 2.42. The predicted molar refractivity (Wildman–Crippen MR) is 82.7 cm³/mol. The third-order valence-electron chi connectivity index (χ3n) is 2.96. The van der Waals surface area contributed by atoms with Gasteiger partial charge in [-0.2, -0.15) is 24.8 Å². The normalized spacial score (nSPS) is 10.6. The van der Waals surface area contributed by atoms with Gasteiger partial charge in [0.25, 0.3) is 5.78 Å². The maximum atomic E-state index is 9.21. The van der Waals surface area contributed by atoms with Crippen LogP contribution in [0.5, 0.6) is 0 Å². The van der Waals surface area contributed by atoms with Gasteiger partial charge in [-0.1, -0.05) is 27.5 Å². The Bertz CT molecular complexity index is 882. The molecule has 0 aliphatic carbocycles. The molecule has 0 unspecified atom stereocenters. The molecule has 0 atom stereocenters. The lowest BCUT2D eigenvalue weighted by Gasteiger charge is -2.13. The smallest absolute Gasteiger partial charge is 0.255 e. The first kappa shape index (κ1) is 13.8. The van der Waals surface area contributed by atoms with E-state index in [1.807, 2.05) is 13.0 Å². The molecule has 0 aliphatic rings. The second kappa shape index (κ2) is 5.31. The molecule has 0 bridgehead atoms. The summed E-state index contributed by atoms with van der Waals surface area (Å²) in [5.41, 5.74) is 1.88. The summed E-state index contributed by atoms with van der Waals surface area (Å²) in [5.74, 6) is 1.01. The lowest BCUT2D eigenvalue weighted by atomic mass is 10.2. The molecule has 0 aliphatic heterocycles. The molecule has 3 aromatic rings. The monoisotopic (exact) mass is 362 g/mol. The highest BCUT2D eigenvalue weighted by molar-refractivity contribution is 9.10. The van der Waals surface area contributed by atoms with E-state index < -0.39 is 0 Å². The van der Waals surface area contributed by atoms with Crippen molar-refractivity contribution in [1.82, 2.24) is 19.6 Å². The Morgan fingerprint density at radius 1 is 1.43 bits per heavy atom. The quantitative estimate of drug-likeness (QED) is 0.705. The Labute approximate surface area is 133 Å². The van der Waals surface area contributed by atoms with E-state index in [9.17, 15) is 5.26 Å². The lowest BCUT2D eigenvalue weighted by molar-refractivity contribution is 0.936. The minimum atomic E-state index is 0.339. The Morgan fingerprint density at radius 3 is 3.00 bits per heavy atom. The summed E-state index contributed by atoms with van der Waals surface area (Å²) in [4.78, 5) is 8.16. The number of rotatable bonds is 2. The number of halogens is 2. The van der Waals surface area contributed by atoms with Crippen LogP contribution in [0, 0.1) is 18.3 Å². The number of aromatic nitrogens is 4. The van der Waals surface area contributed by atoms with Gasteiger partial charge >= 0.3 is 0 Å². The molecule has 2 aromatic heterocycles. The SMILES string of the molecule is Cc1c(Cl)nc2ncnn2c1Nc1cc(Br)ccc1C#N. The van der Waals surface area contributed by atoms with E-state index in [0.717, 1.165) is 10.0 Å². The number of nitrogens with zero attached hydrogens (tertiary/aromatic N) is 5. The predicted octanol–water partition coefficient (Wildman–Crippen LogP) is 3.46. The summed E-state index contributed by atoms with van der Waals surface area (Å²) in [6.45, 7) is 1.82. The third kappa shape index (κ3) is 2.44. The topological polar surface area (TPSA) is 78.9 Å². The van der Waals surface area contributed by atoms with Crippen LogP contribution >= 0.6 is 27.5 Å². The van der Waals surface area contributed by atoms with E-state index in [0.29, 0.717) is 28.0 Å². The van der Waals surface area contributed by atoms with Crippen molar-refractivity contribution >= 4 is 44.8 Å². The van der Waals surface area contributed by atoms with Crippen molar-refractivity contribution in [2.45, 2.75) is 6.92 Å². The van der Waals surface area contributed by atoms with Crippen molar-refractivity contribution in [2.75, 3.05) is 5.32 Å². The van der Waals surface area contributed by atoms with Crippen molar-refractivity contribution in [2.24, 2.45) is 0 Å². The largest absolute Gasteiger partial charge is 0.339 e. The molecule has 0 saturated carbocycles. The molecular formula is C13H8BrClN6. The van der Waals surface area contributed by atoms with Crippen molar-refractivity contribution in [3.05, 3.63) is 45.3 Å². The van der Waals surface area contributed by atoms with Crippen molar-refractivity contribution in [3.8, 4) is 6.07 Å². The fourth-order valence-electron chi connectivity index (χ4n) is 1.89. The van der Waals surface area contributed by atoms with Crippen LogP contribution in [-0.4, -0.2) is 19.6 Å². The summed E-state index contributed by atoms with van der Waals surface area (Å²) in [5, 5.41) is 16.9. The Morgan fingerprint density at radius 2 is 2.24 bits per heavy atom. The maximum absolute atomic E-state index is 9.21. The van der Waals surface area contributed by atoms with Crippen LogP contribution in [0.2, 0.25) is 5.15 Å². The minimum Gasteiger partial charge on any atom is -0.339 e. The van der Waals surface area contributed by atoms with Gasteiger partial charge in [0.2, 0.25) is 0 Å². The average Bonchev–Trinajstić information content (AvgIpc) is 2.92. The number of nitrogens with one attached hydrogen (secondary N) is 1. The highest BCUT2D eigenvalue weighted by Crippen LogP contribution is 2.28. The zero-order chi connectivity index (χ0) is 15.0. The standard InChI is InChI=1S/C13H8BrClN6/c1-7-11(15)20-13-17-6-18-21(13)12(7)19-10-4-9(14)3-2-8(10)5-16/h2-4,6,19H,1H3. The summed E-state index contributed by atoms with van der Waals surface area (Å²) in [6.07, 6.45) is 1.40. The van der Waals surface area contributed by atoms with Crippen LogP contribution in [0.4, 0.5) is 11.5 Å². The molecule has 0 amide bonds. The number of anilines is 2. The van der Waals surface area contributed by atoms with E-state index >= 15 is 0 Å². The minimum absolute atomic E-state index is 0.339. The van der Waals surface area contributed by atoms with E-state index in [2.05, 4.69) is 42.4 Å². The van der Waals surface area contributed by atoms with E-state index in [4.69, 9.17) is 11.6 Å². The van der Waals surface area contributed by atoms with Gasteiger partial charge in [-0.15, -0.1) is 0 Å². The lowest BCUT2D eigenvalue weighted by Crippen LogP contribution is -2.06. The fraction of sp³-hybridized carbons (Fsp3) is 0.0769. The van der Waals surface area contributed by atoms with Gasteiger partial charge in [0.05, 0.1) is 11.3 Å². The number of benzene rings is 1. The molecular weight excluding hydrogens is 356 g/mol. The van der Waals surface area contributed by atoms with Gasteiger partial charge in [0.15, 0.2) is 0 Å². The van der Waals surface area contributed by atoms with Gasteiger partial charge in [-0.05, 0) is 25.1 Å². The third-order valence-corrected chi connectivity index (χ3v) is 3.82. The van der Waals surface area contributed by atoms with Crippen molar-refractivity contribution < 1.29 is 0 Å². The van der Waals surface area contributed by atoms with Gasteiger partial charge in [0.1, 0.15) is 23.4 Å². The van der Waals surface area contributed by atoms with Crippen LogP contribution in [0.15, 0.2) is 29.0 Å². The summed E-state index contributed by atoms with van der Waals surface area (Å²) in [7, 11) is 0. The molecule has 0 spiro atoms. The van der Waals surface area contributed by atoms with Gasteiger partial charge in [0, 0.05) is 10.0 Å². The Hall–Kier alpha value is -2.17. The molecule has 1 N–H and O–H groups in total. The molecule has 21 heavy (non-hydrogen) atoms. The van der Waals surface area contributed by atoms with Crippen LogP contribution in [0.25, 0.3) is 5.78 Å². The Balaban J connectivity index is 2.19. The second-order valence-corrected chi connectivity index (χ2v) is 5.55. The summed E-state index contributed by atoms with van der Waals surface area (Å²) >= 11 is 9.51. The number of nitriles is 1. The van der Waals surface area contributed by atoms with Crippen molar-refractivity contribution in [3.63, 3.8) is 0 Å². The first-order valence-corrected chi connectivity index (χ1v) is 7.09. The maximum Gasteiger partial charge on any atom is 0.255 e. The average molecular weight is 364 g/mol. The van der Waals surface area contributed by atoms with Gasteiger partial charge in [-0.25, -0.2) is 0 Å². The molecule has 0 fully saturated rings. The molecule has 6 nitrogen and oxygen atoms in total. The Kier molecular flexibility index (Phi) is 3.49. The molecule has 3 rings (SSSR count). The number of hydrogen-bond donors (Lipinski definition) is 1. The van der Waals surface area contributed by atoms with Gasteiger partial charge < -0.3 is 5.32 Å². The first-order chi connectivity index (χ1) is 10.1. The van der Waals surface area contributed by atoms with E-state index in [-0.39, 0.29) is 0 Å². The summed E-state index contributed by atoms with van der Waals surface area (Å²) < 4.78 is 2.40. The molecule has 0 radical (unpaired) electrons. The number of fused-ring (bicyclic) bond motifs is 1. The van der Waals surface area contributed by atoms with Crippen molar-refractivity contribution in [1.29, 1.82) is 5.26 Å². The second-order valence-electron chi connectivity index (χ2n) is 4.27. The molecule has 2 heterocycles. The van der Waals surface area contributed by atoms with Crippen LogP contribution < -0.4 is 5.32 Å². The van der Waals surface area contributed by atoms with E-state index in [1.165, 1.54) is 6.33 Å². The molecule has 8 heteroatoms. The van der Waals surface area contributed by atoms with Gasteiger partial charge in [-0.3, -0.25) is 0 Å². The molecule has 0 saturated heterocycles. The number of hydrogen-bond acceptors (Lipinski definition) is 5. The van der Waals surface area contributed by atoms with Crippen LogP contribution in [0.1, 0.15) is 11.1 Å².